The number of aryl methyl sites for hydroxylation is 1. The van der Waals surface area contributed by atoms with Gasteiger partial charge in [0.15, 0.2) is 0 Å². The molecule has 1 nitrogen and oxygen atoms in total. The van der Waals surface area contributed by atoms with E-state index >= 15 is 0 Å². The smallest absolute Gasteiger partial charge is 0.0740 e. The SMILES string of the molecule is Cc1ccc2c(c1C)Cc1cccnc1-2. The van der Waals surface area contributed by atoms with E-state index in [4.69, 9.17) is 0 Å². The molecule has 0 saturated carbocycles. The molecule has 0 saturated heterocycles. The summed E-state index contributed by atoms with van der Waals surface area (Å²) in [5.41, 5.74) is 8.13. The predicted molar refractivity (Wildman–Crippen MR) is 62.0 cm³/mol. The zero-order chi connectivity index (χ0) is 10.4. The number of fused-ring (bicyclic) bond motifs is 3. The van der Waals surface area contributed by atoms with Crippen molar-refractivity contribution in [2.24, 2.45) is 0 Å². The molecule has 2 aromatic rings. The Morgan fingerprint density at radius 1 is 1.13 bits per heavy atom. The van der Waals surface area contributed by atoms with Gasteiger partial charge in [-0.1, -0.05) is 18.2 Å². The number of pyridine rings is 1. The number of hydrogen-bond acceptors (Lipinski definition) is 1. The third-order valence-corrected chi connectivity index (χ3v) is 3.38. The molecule has 15 heavy (non-hydrogen) atoms. The maximum atomic E-state index is 4.47. The fraction of sp³-hybridized carbons (Fsp3) is 0.214. The highest BCUT2D eigenvalue weighted by atomic mass is 14.7. The highest BCUT2D eigenvalue weighted by molar-refractivity contribution is 5.75. The summed E-state index contributed by atoms with van der Waals surface area (Å²) in [7, 11) is 0. The molecule has 0 radical (unpaired) electrons. The molecule has 1 aromatic carbocycles. The molecule has 1 aliphatic carbocycles. The van der Waals surface area contributed by atoms with Gasteiger partial charge in [0.1, 0.15) is 0 Å². The summed E-state index contributed by atoms with van der Waals surface area (Å²) < 4.78 is 0. The van der Waals surface area contributed by atoms with Crippen LogP contribution in [0.5, 0.6) is 0 Å². The van der Waals surface area contributed by atoms with Crippen LogP contribution in [0, 0.1) is 13.8 Å². The third kappa shape index (κ3) is 1.13. The first-order valence-electron chi connectivity index (χ1n) is 5.30. The molecule has 3 rings (SSSR count). The average Bonchev–Trinajstić information content (AvgIpc) is 2.63. The van der Waals surface area contributed by atoms with Crippen LogP contribution in [-0.4, -0.2) is 4.98 Å². The van der Waals surface area contributed by atoms with E-state index < -0.39 is 0 Å². The predicted octanol–water partition coefficient (Wildman–Crippen LogP) is 3.27. The monoisotopic (exact) mass is 195 g/mol. The normalized spacial score (nSPS) is 12.4. The molecule has 0 aliphatic heterocycles. The summed E-state index contributed by atoms with van der Waals surface area (Å²) in [6.07, 6.45) is 2.93. The Morgan fingerprint density at radius 3 is 2.87 bits per heavy atom. The number of benzene rings is 1. The van der Waals surface area contributed by atoms with Crippen LogP contribution >= 0.6 is 0 Å². The Balaban J connectivity index is 2.31. The lowest BCUT2D eigenvalue weighted by Gasteiger charge is -2.06. The second kappa shape index (κ2) is 2.93. The molecule has 0 bridgehead atoms. The number of nitrogens with zero attached hydrogens (tertiary/aromatic N) is 1. The maximum Gasteiger partial charge on any atom is 0.0740 e. The quantitative estimate of drug-likeness (QED) is 0.536. The summed E-state index contributed by atoms with van der Waals surface area (Å²) in [6, 6.07) is 8.60. The van der Waals surface area contributed by atoms with Gasteiger partial charge in [-0.05, 0) is 42.2 Å². The van der Waals surface area contributed by atoms with E-state index in [2.05, 4.69) is 37.0 Å². The number of hydrogen-bond donors (Lipinski definition) is 0. The summed E-state index contributed by atoms with van der Waals surface area (Å²) in [4.78, 5) is 4.47. The highest BCUT2D eigenvalue weighted by Gasteiger charge is 2.20. The van der Waals surface area contributed by atoms with Gasteiger partial charge < -0.3 is 0 Å². The lowest BCUT2D eigenvalue weighted by atomic mass is 9.99. The topological polar surface area (TPSA) is 12.9 Å². The molecule has 0 atom stereocenters. The van der Waals surface area contributed by atoms with Crippen molar-refractivity contribution in [3.8, 4) is 11.3 Å². The summed E-state index contributed by atoms with van der Waals surface area (Å²) in [5.74, 6) is 0. The molecular weight excluding hydrogens is 182 g/mol. The molecule has 1 aliphatic rings. The van der Waals surface area contributed by atoms with Crippen molar-refractivity contribution >= 4 is 0 Å². The van der Waals surface area contributed by atoms with Crippen molar-refractivity contribution in [2.75, 3.05) is 0 Å². The molecule has 0 spiro atoms. The van der Waals surface area contributed by atoms with E-state index in [1.54, 1.807) is 0 Å². The number of rotatable bonds is 0. The molecule has 74 valence electrons. The van der Waals surface area contributed by atoms with Gasteiger partial charge in [0.05, 0.1) is 5.69 Å². The van der Waals surface area contributed by atoms with Crippen LogP contribution in [0.15, 0.2) is 30.5 Å². The Hall–Kier alpha value is -1.63. The van der Waals surface area contributed by atoms with Crippen molar-refractivity contribution in [3.05, 3.63) is 52.7 Å². The van der Waals surface area contributed by atoms with Crippen LogP contribution in [0.25, 0.3) is 11.3 Å². The lowest BCUT2D eigenvalue weighted by Crippen LogP contribution is -1.89. The van der Waals surface area contributed by atoms with E-state index in [1.807, 2.05) is 12.3 Å². The Bertz CT molecular complexity index is 541. The minimum atomic E-state index is 1.05. The van der Waals surface area contributed by atoms with Crippen molar-refractivity contribution < 1.29 is 0 Å². The molecule has 0 unspecified atom stereocenters. The third-order valence-electron chi connectivity index (χ3n) is 3.38. The highest BCUT2D eigenvalue weighted by Crippen LogP contribution is 2.37. The van der Waals surface area contributed by atoms with Crippen LogP contribution in [0.2, 0.25) is 0 Å². The molecular formula is C14H13N. The second-order valence-corrected chi connectivity index (χ2v) is 4.22. The fourth-order valence-electron chi connectivity index (χ4n) is 2.34. The minimum Gasteiger partial charge on any atom is -0.256 e. The van der Waals surface area contributed by atoms with E-state index in [9.17, 15) is 0 Å². The van der Waals surface area contributed by atoms with E-state index in [0.717, 1.165) is 6.42 Å². The first-order valence-corrected chi connectivity index (χ1v) is 5.30. The van der Waals surface area contributed by atoms with Gasteiger partial charge in [-0.15, -0.1) is 0 Å². The van der Waals surface area contributed by atoms with Crippen molar-refractivity contribution in [3.63, 3.8) is 0 Å². The van der Waals surface area contributed by atoms with Crippen molar-refractivity contribution in [1.82, 2.24) is 4.98 Å². The van der Waals surface area contributed by atoms with E-state index in [1.165, 1.54) is 33.5 Å². The Morgan fingerprint density at radius 2 is 2.00 bits per heavy atom. The van der Waals surface area contributed by atoms with Gasteiger partial charge in [0.25, 0.3) is 0 Å². The Kier molecular flexibility index (Phi) is 1.69. The number of aromatic nitrogens is 1. The molecule has 1 heteroatoms. The first kappa shape index (κ1) is 8.66. The largest absolute Gasteiger partial charge is 0.256 e. The Labute approximate surface area is 89.8 Å². The van der Waals surface area contributed by atoms with E-state index in [-0.39, 0.29) is 0 Å². The van der Waals surface area contributed by atoms with Crippen LogP contribution in [0.4, 0.5) is 0 Å². The van der Waals surface area contributed by atoms with Crippen LogP contribution < -0.4 is 0 Å². The van der Waals surface area contributed by atoms with Gasteiger partial charge in [-0.2, -0.15) is 0 Å². The lowest BCUT2D eigenvalue weighted by molar-refractivity contribution is 1.18. The fourth-order valence-corrected chi connectivity index (χ4v) is 2.34. The van der Waals surface area contributed by atoms with Crippen molar-refractivity contribution in [1.29, 1.82) is 0 Å². The van der Waals surface area contributed by atoms with Crippen LogP contribution in [0.1, 0.15) is 22.3 Å². The van der Waals surface area contributed by atoms with Crippen LogP contribution in [-0.2, 0) is 6.42 Å². The molecule has 1 heterocycles. The second-order valence-electron chi connectivity index (χ2n) is 4.22. The molecule has 0 N–H and O–H groups in total. The van der Waals surface area contributed by atoms with Gasteiger partial charge >= 0.3 is 0 Å². The van der Waals surface area contributed by atoms with Crippen molar-refractivity contribution in [2.45, 2.75) is 20.3 Å². The molecule has 0 fully saturated rings. The van der Waals surface area contributed by atoms with E-state index in [0.29, 0.717) is 0 Å². The van der Waals surface area contributed by atoms with Crippen LogP contribution in [0.3, 0.4) is 0 Å². The first-order chi connectivity index (χ1) is 7.27. The molecule has 1 aromatic heterocycles. The van der Waals surface area contributed by atoms with Gasteiger partial charge in [-0.25, -0.2) is 0 Å². The summed E-state index contributed by atoms with van der Waals surface area (Å²) >= 11 is 0. The maximum absolute atomic E-state index is 4.47. The van der Waals surface area contributed by atoms with Gasteiger partial charge in [0.2, 0.25) is 0 Å². The average molecular weight is 195 g/mol. The zero-order valence-corrected chi connectivity index (χ0v) is 9.04. The summed E-state index contributed by atoms with van der Waals surface area (Å²) in [6.45, 7) is 4.38. The van der Waals surface area contributed by atoms with Gasteiger partial charge in [0, 0.05) is 18.2 Å². The minimum absolute atomic E-state index is 1.05. The zero-order valence-electron chi connectivity index (χ0n) is 9.04. The standard InChI is InChI=1S/C14H13N/c1-9-5-6-12-13(10(9)2)8-11-4-3-7-15-14(11)12/h3-7H,8H2,1-2H3. The summed E-state index contributed by atoms with van der Waals surface area (Å²) in [5, 5.41) is 0. The molecule has 0 amide bonds. The van der Waals surface area contributed by atoms with Gasteiger partial charge in [-0.3, -0.25) is 4.98 Å².